The van der Waals surface area contributed by atoms with Gasteiger partial charge in [0, 0.05) is 0 Å². The van der Waals surface area contributed by atoms with Crippen LogP contribution in [0.15, 0.2) is 115 Å². The fourth-order valence-electron chi connectivity index (χ4n) is 7.84. The van der Waals surface area contributed by atoms with Crippen molar-refractivity contribution in [3.05, 3.63) is 172 Å². The van der Waals surface area contributed by atoms with Gasteiger partial charge in [-0.1, -0.05) is 89.1 Å². The molecule has 0 aromatic heterocycles. The molecule has 0 radical (unpaired) electrons. The molecular formula is C51H56Cl2Zr-2. The Labute approximate surface area is 354 Å². The van der Waals surface area contributed by atoms with Crippen LogP contribution in [0.2, 0.25) is 0 Å². The molecule has 0 bridgehead atoms. The first kappa shape index (κ1) is 43.8. The first-order valence-electron chi connectivity index (χ1n) is 19.1. The van der Waals surface area contributed by atoms with E-state index >= 15 is 0 Å². The molecule has 280 valence electrons. The summed E-state index contributed by atoms with van der Waals surface area (Å²) in [6, 6.07) is 31.4. The Morgan fingerprint density at radius 2 is 1.22 bits per heavy atom. The van der Waals surface area contributed by atoms with E-state index in [1.54, 1.807) is 27.4 Å². The Balaban J connectivity index is 0.000000205. The fourth-order valence-corrected chi connectivity index (χ4v) is 8.84. The van der Waals surface area contributed by atoms with Crippen LogP contribution in [0, 0.1) is 17.9 Å². The summed E-state index contributed by atoms with van der Waals surface area (Å²) in [5.74, 6) is 0. The maximum absolute atomic E-state index is 3.16. The predicted molar refractivity (Wildman–Crippen MR) is 222 cm³/mol. The van der Waals surface area contributed by atoms with Gasteiger partial charge in [0.05, 0.1) is 0 Å². The molecule has 0 unspecified atom stereocenters. The second kappa shape index (κ2) is 17.9. The average Bonchev–Trinajstić information content (AvgIpc) is 3.78. The van der Waals surface area contributed by atoms with Gasteiger partial charge in [0.2, 0.25) is 0 Å². The van der Waals surface area contributed by atoms with E-state index in [0.29, 0.717) is 5.41 Å². The number of fused-ring (bicyclic) bond motifs is 5. The van der Waals surface area contributed by atoms with Crippen LogP contribution in [-0.2, 0) is 54.3 Å². The van der Waals surface area contributed by atoms with Gasteiger partial charge in [0.25, 0.3) is 0 Å². The van der Waals surface area contributed by atoms with Gasteiger partial charge in [0.1, 0.15) is 0 Å². The molecule has 0 nitrogen and oxygen atoms in total. The van der Waals surface area contributed by atoms with Gasteiger partial charge >= 0.3 is 112 Å². The van der Waals surface area contributed by atoms with E-state index in [1.807, 2.05) is 0 Å². The molecule has 4 aromatic rings. The Morgan fingerprint density at radius 1 is 0.704 bits per heavy atom. The van der Waals surface area contributed by atoms with Crippen molar-refractivity contribution in [1.82, 2.24) is 0 Å². The normalized spacial score (nSPS) is 16.3. The van der Waals surface area contributed by atoms with E-state index in [0.717, 1.165) is 32.1 Å². The molecule has 54 heavy (non-hydrogen) atoms. The minimum atomic E-state index is 0. The molecule has 0 aliphatic heterocycles. The van der Waals surface area contributed by atoms with E-state index in [-0.39, 0.29) is 35.6 Å². The molecular weight excluding hydrogens is 775 g/mol. The number of hydrogen-bond acceptors (Lipinski definition) is 0. The topological polar surface area (TPSA) is 0 Å². The average molecular weight is 831 g/mol. The van der Waals surface area contributed by atoms with Crippen LogP contribution in [0.25, 0.3) is 22.3 Å². The van der Waals surface area contributed by atoms with Crippen LogP contribution < -0.4 is 24.8 Å². The molecule has 0 fully saturated rings. The Kier molecular flexibility index (Phi) is 14.5. The van der Waals surface area contributed by atoms with Crippen LogP contribution >= 0.6 is 0 Å². The number of halogens is 2. The number of rotatable bonds is 4. The van der Waals surface area contributed by atoms with Crippen molar-refractivity contribution in [1.29, 1.82) is 0 Å². The maximum atomic E-state index is 3.16. The molecule has 4 aliphatic carbocycles. The molecule has 3 heteroatoms. The van der Waals surface area contributed by atoms with Crippen molar-refractivity contribution >= 4 is 14.4 Å². The third kappa shape index (κ3) is 10.1. The molecule has 0 spiro atoms. The molecule has 0 saturated heterocycles. The molecule has 0 heterocycles. The summed E-state index contributed by atoms with van der Waals surface area (Å²) in [6.45, 7) is 20.6. The van der Waals surface area contributed by atoms with E-state index in [9.17, 15) is 0 Å². The standard InChI is InChI=1S/C27H29.C15H14.C9H13.2ClH.Zr/c1-16-7-9-26(3,4)24-12-18-11-19-13-25-21(17(2)8-10-27(25,5)6)15-23(19)22(18)14-20(16)24;1-3-8-14(9-4-1)12-7-13-15-10-5-2-6-11-15;1-9(2,3)8-6-4-5-7-8;;;/h7-9,12-15H,10-11H2,1-6H3;1-6,8-11H,12-13H2;6-7H,4H2,1-3H3;2*1H;/q-1;;-1;;;+2/p-2. The fraction of sp³-hybridized carbons (Fsp3) is 0.333. The van der Waals surface area contributed by atoms with Gasteiger partial charge in [0.15, 0.2) is 0 Å². The summed E-state index contributed by atoms with van der Waals surface area (Å²) in [5.41, 5.74) is 19.6. The van der Waals surface area contributed by atoms with Gasteiger partial charge in [-0.05, 0) is 70.2 Å². The summed E-state index contributed by atoms with van der Waals surface area (Å²) < 4.78 is 1.60. The van der Waals surface area contributed by atoms with Gasteiger partial charge in [-0.2, -0.15) is 17.2 Å². The van der Waals surface area contributed by atoms with Gasteiger partial charge < -0.3 is 24.8 Å². The van der Waals surface area contributed by atoms with Crippen molar-refractivity contribution in [2.24, 2.45) is 5.41 Å². The van der Waals surface area contributed by atoms with Gasteiger partial charge in [-0.25, -0.2) is 18.6 Å². The van der Waals surface area contributed by atoms with Crippen LogP contribution in [0.4, 0.5) is 0 Å². The van der Waals surface area contributed by atoms with Crippen LogP contribution in [0.5, 0.6) is 0 Å². The van der Waals surface area contributed by atoms with Gasteiger partial charge in [-0.15, -0.1) is 18.9 Å². The summed E-state index contributed by atoms with van der Waals surface area (Å²) in [6.07, 6.45) is 20.0. The van der Waals surface area contributed by atoms with Crippen molar-refractivity contribution in [3.63, 3.8) is 0 Å². The Morgan fingerprint density at radius 3 is 1.70 bits per heavy atom. The SMILES string of the molecule is CC(C)(C)C1=CC[C-]=C1.CC1=C[CH-]C(C)(C)c2cc3c(cc21)-c1cc2c(cc1C3)C(C)(C)CC=C2C.[Cl-].[Cl-].[Zr+2]=[C](Cc1ccccc1)Cc1ccccc1. The third-order valence-corrected chi connectivity index (χ3v) is 12.1. The third-order valence-electron chi connectivity index (χ3n) is 11.2. The van der Waals surface area contributed by atoms with E-state index in [2.05, 4.69) is 184 Å². The van der Waals surface area contributed by atoms with Crippen LogP contribution in [-0.4, -0.2) is 3.21 Å². The summed E-state index contributed by atoms with van der Waals surface area (Å²) in [7, 11) is 0. The second-order valence-electron chi connectivity index (χ2n) is 17.4. The van der Waals surface area contributed by atoms with Crippen molar-refractivity contribution in [3.8, 4) is 11.1 Å². The van der Waals surface area contributed by atoms with E-state index < -0.39 is 0 Å². The number of benzene rings is 4. The summed E-state index contributed by atoms with van der Waals surface area (Å²) >= 11 is 1.55. The van der Waals surface area contributed by atoms with E-state index in [1.165, 1.54) is 72.4 Å². The van der Waals surface area contributed by atoms with Gasteiger partial charge in [-0.3, -0.25) is 6.08 Å². The van der Waals surface area contributed by atoms with Crippen molar-refractivity contribution in [2.45, 2.75) is 105 Å². The summed E-state index contributed by atoms with van der Waals surface area (Å²) in [5, 5.41) is 0. The monoisotopic (exact) mass is 828 g/mol. The molecule has 0 atom stereocenters. The predicted octanol–water partition coefficient (Wildman–Crippen LogP) is 7.16. The quantitative estimate of drug-likeness (QED) is 0.169. The molecule has 4 aliphatic rings. The Hall–Kier alpha value is -2.96. The molecule has 0 saturated carbocycles. The zero-order valence-corrected chi connectivity index (χ0v) is 37.7. The Bertz CT molecular complexity index is 1950. The van der Waals surface area contributed by atoms with Crippen molar-refractivity contribution in [2.75, 3.05) is 0 Å². The zero-order valence-electron chi connectivity index (χ0n) is 33.8. The van der Waals surface area contributed by atoms with Crippen LogP contribution in [0.1, 0.15) is 120 Å². The first-order chi connectivity index (χ1) is 24.6. The molecule has 0 amide bonds. The van der Waals surface area contributed by atoms with E-state index in [4.69, 9.17) is 0 Å². The first-order valence-corrected chi connectivity index (χ1v) is 20.3. The van der Waals surface area contributed by atoms with Crippen LogP contribution in [0.3, 0.4) is 0 Å². The second-order valence-corrected chi connectivity index (χ2v) is 19.1. The minimum absolute atomic E-state index is 0. The molecule has 0 N–H and O–H groups in total. The number of hydrogen-bond donors (Lipinski definition) is 0. The summed E-state index contributed by atoms with van der Waals surface area (Å²) in [4.78, 5) is 0. The van der Waals surface area contributed by atoms with Crippen molar-refractivity contribution < 1.29 is 49.0 Å². The number of allylic oxidation sites excluding steroid dienone is 8. The molecule has 8 rings (SSSR count). The molecule has 4 aromatic carbocycles. The zero-order chi connectivity index (χ0) is 37.3.